The third kappa shape index (κ3) is 7.49. The van der Waals surface area contributed by atoms with E-state index in [1.807, 2.05) is 0 Å². The molecule has 0 fully saturated rings. The molecule has 0 saturated heterocycles. The zero-order valence-electron chi connectivity index (χ0n) is 11.1. The fourth-order valence-corrected chi connectivity index (χ4v) is 2.13. The van der Waals surface area contributed by atoms with Crippen LogP contribution in [0, 0.1) is 0 Å². The standard InChI is InChI=1S/C13H24N2OS/c1-12(2)16-9-8-15(3)7-6-14-11-13-5-4-10-17-13/h4-5,10,12,14H,6-9,11H2,1-3H3. The number of likely N-dealkylation sites (N-methyl/N-ethyl adjacent to an activating group) is 1. The number of hydrogen-bond acceptors (Lipinski definition) is 4. The molecule has 3 nitrogen and oxygen atoms in total. The van der Waals surface area contributed by atoms with Crippen LogP contribution < -0.4 is 5.32 Å². The summed E-state index contributed by atoms with van der Waals surface area (Å²) in [6, 6.07) is 4.26. The minimum atomic E-state index is 0.334. The summed E-state index contributed by atoms with van der Waals surface area (Å²) in [5.74, 6) is 0. The van der Waals surface area contributed by atoms with Crippen molar-refractivity contribution in [2.24, 2.45) is 0 Å². The van der Waals surface area contributed by atoms with Crippen LogP contribution in [0.1, 0.15) is 18.7 Å². The van der Waals surface area contributed by atoms with Crippen molar-refractivity contribution >= 4 is 11.3 Å². The van der Waals surface area contributed by atoms with E-state index >= 15 is 0 Å². The molecule has 0 unspecified atom stereocenters. The van der Waals surface area contributed by atoms with Gasteiger partial charge in [0.15, 0.2) is 0 Å². The predicted molar refractivity (Wildman–Crippen MR) is 74.6 cm³/mol. The maximum Gasteiger partial charge on any atom is 0.0596 e. The zero-order chi connectivity index (χ0) is 12.5. The zero-order valence-corrected chi connectivity index (χ0v) is 11.9. The molecule has 0 aliphatic rings. The number of ether oxygens (including phenoxy) is 1. The Labute approximate surface area is 109 Å². The molecule has 4 heteroatoms. The van der Waals surface area contributed by atoms with Crippen molar-refractivity contribution in [3.63, 3.8) is 0 Å². The Morgan fingerprint density at radius 1 is 1.41 bits per heavy atom. The molecule has 98 valence electrons. The van der Waals surface area contributed by atoms with Gasteiger partial charge in [-0.15, -0.1) is 11.3 Å². The Hall–Kier alpha value is -0.420. The van der Waals surface area contributed by atoms with Crippen molar-refractivity contribution in [3.05, 3.63) is 22.4 Å². The third-order valence-electron chi connectivity index (χ3n) is 2.47. The van der Waals surface area contributed by atoms with Gasteiger partial charge >= 0.3 is 0 Å². The molecule has 0 aliphatic heterocycles. The fraction of sp³-hybridized carbons (Fsp3) is 0.692. The number of nitrogens with zero attached hydrogens (tertiary/aromatic N) is 1. The van der Waals surface area contributed by atoms with Gasteiger partial charge in [0.25, 0.3) is 0 Å². The second-order valence-corrected chi connectivity index (χ2v) is 5.51. The van der Waals surface area contributed by atoms with Crippen molar-refractivity contribution < 1.29 is 4.74 Å². The van der Waals surface area contributed by atoms with Crippen molar-refractivity contribution in [2.45, 2.75) is 26.5 Å². The highest BCUT2D eigenvalue weighted by atomic mass is 32.1. The number of hydrogen-bond donors (Lipinski definition) is 1. The van der Waals surface area contributed by atoms with Crippen molar-refractivity contribution in [2.75, 3.05) is 33.3 Å². The van der Waals surface area contributed by atoms with Gasteiger partial charge in [0, 0.05) is 31.1 Å². The third-order valence-corrected chi connectivity index (χ3v) is 3.35. The minimum Gasteiger partial charge on any atom is -0.377 e. The molecule has 1 N–H and O–H groups in total. The van der Waals surface area contributed by atoms with Crippen LogP contribution in [0.4, 0.5) is 0 Å². The first-order valence-electron chi connectivity index (χ1n) is 6.21. The monoisotopic (exact) mass is 256 g/mol. The van der Waals surface area contributed by atoms with Crippen LogP contribution in [0.25, 0.3) is 0 Å². The number of nitrogens with one attached hydrogen (secondary N) is 1. The van der Waals surface area contributed by atoms with E-state index in [0.717, 1.165) is 32.8 Å². The molecular weight excluding hydrogens is 232 g/mol. The van der Waals surface area contributed by atoms with E-state index < -0.39 is 0 Å². The van der Waals surface area contributed by atoms with Crippen LogP contribution in [0.3, 0.4) is 0 Å². The molecule has 1 aromatic heterocycles. The summed E-state index contributed by atoms with van der Waals surface area (Å²) in [6.07, 6.45) is 0.334. The first kappa shape index (κ1) is 14.6. The Morgan fingerprint density at radius 3 is 2.88 bits per heavy atom. The first-order chi connectivity index (χ1) is 8.18. The predicted octanol–water partition coefficient (Wildman–Crippen LogP) is 2.19. The van der Waals surface area contributed by atoms with Gasteiger partial charge in [-0.05, 0) is 32.3 Å². The first-order valence-corrected chi connectivity index (χ1v) is 7.09. The van der Waals surface area contributed by atoms with Gasteiger partial charge in [-0.3, -0.25) is 0 Å². The lowest BCUT2D eigenvalue weighted by Gasteiger charge is -2.17. The van der Waals surface area contributed by atoms with E-state index in [1.165, 1.54) is 4.88 Å². The van der Waals surface area contributed by atoms with Gasteiger partial charge in [0.2, 0.25) is 0 Å². The summed E-state index contributed by atoms with van der Waals surface area (Å²) in [4.78, 5) is 3.69. The Bertz CT molecular complexity index is 275. The summed E-state index contributed by atoms with van der Waals surface area (Å²) < 4.78 is 5.52. The maximum atomic E-state index is 5.52. The van der Waals surface area contributed by atoms with Gasteiger partial charge < -0.3 is 15.0 Å². The molecule has 0 saturated carbocycles. The van der Waals surface area contributed by atoms with Crippen molar-refractivity contribution in [3.8, 4) is 0 Å². The second-order valence-electron chi connectivity index (χ2n) is 4.48. The molecule has 0 atom stereocenters. The highest BCUT2D eigenvalue weighted by Gasteiger charge is 1.99. The van der Waals surface area contributed by atoms with E-state index in [-0.39, 0.29) is 0 Å². The van der Waals surface area contributed by atoms with Crippen LogP contribution in [0.5, 0.6) is 0 Å². The van der Waals surface area contributed by atoms with E-state index in [4.69, 9.17) is 4.74 Å². The van der Waals surface area contributed by atoms with E-state index in [2.05, 4.69) is 48.6 Å². The van der Waals surface area contributed by atoms with Crippen LogP contribution in [-0.2, 0) is 11.3 Å². The van der Waals surface area contributed by atoms with Crippen molar-refractivity contribution in [1.82, 2.24) is 10.2 Å². The summed E-state index contributed by atoms with van der Waals surface area (Å²) in [7, 11) is 2.14. The highest BCUT2D eigenvalue weighted by Crippen LogP contribution is 2.06. The molecule has 0 spiro atoms. The van der Waals surface area contributed by atoms with Gasteiger partial charge in [-0.25, -0.2) is 0 Å². The number of rotatable bonds is 9. The smallest absolute Gasteiger partial charge is 0.0596 e. The molecule has 1 aromatic rings. The van der Waals surface area contributed by atoms with Crippen LogP contribution >= 0.6 is 11.3 Å². The highest BCUT2D eigenvalue weighted by molar-refractivity contribution is 7.09. The van der Waals surface area contributed by atoms with Crippen LogP contribution in [0.2, 0.25) is 0 Å². The minimum absolute atomic E-state index is 0.334. The lowest BCUT2D eigenvalue weighted by molar-refractivity contribution is 0.0640. The Morgan fingerprint density at radius 2 is 2.24 bits per heavy atom. The largest absolute Gasteiger partial charge is 0.377 e. The average molecular weight is 256 g/mol. The summed E-state index contributed by atoms with van der Waals surface area (Å²) in [5.41, 5.74) is 0. The average Bonchev–Trinajstić information content (AvgIpc) is 2.76. The fourth-order valence-electron chi connectivity index (χ4n) is 1.45. The lowest BCUT2D eigenvalue weighted by atomic mass is 10.4. The summed E-state index contributed by atoms with van der Waals surface area (Å²) >= 11 is 1.80. The SMILES string of the molecule is CC(C)OCCN(C)CCNCc1cccs1. The molecule has 0 bridgehead atoms. The molecular formula is C13H24N2OS. The molecule has 1 heterocycles. The molecule has 0 aromatic carbocycles. The van der Waals surface area contributed by atoms with E-state index in [0.29, 0.717) is 6.10 Å². The molecule has 0 amide bonds. The van der Waals surface area contributed by atoms with Crippen LogP contribution in [0.15, 0.2) is 17.5 Å². The lowest BCUT2D eigenvalue weighted by Crippen LogP contribution is -2.31. The van der Waals surface area contributed by atoms with Crippen molar-refractivity contribution in [1.29, 1.82) is 0 Å². The molecule has 0 radical (unpaired) electrons. The summed E-state index contributed by atoms with van der Waals surface area (Å²) in [6.45, 7) is 9.03. The molecule has 1 rings (SSSR count). The Balaban J connectivity index is 1.95. The molecule has 17 heavy (non-hydrogen) atoms. The van der Waals surface area contributed by atoms with Gasteiger partial charge in [-0.1, -0.05) is 6.07 Å². The summed E-state index contributed by atoms with van der Waals surface area (Å²) in [5, 5.41) is 5.56. The van der Waals surface area contributed by atoms with Gasteiger partial charge in [0.05, 0.1) is 12.7 Å². The topological polar surface area (TPSA) is 24.5 Å². The van der Waals surface area contributed by atoms with Gasteiger partial charge in [-0.2, -0.15) is 0 Å². The normalized spacial score (nSPS) is 11.6. The number of thiophene rings is 1. The van der Waals surface area contributed by atoms with Gasteiger partial charge in [0.1, 0.15) is 0 Å². The quantitative estimate of drug-likeness (QED) is 0.686. The van der Waals surface area contributed by atoms with Crippen LogP contribution in [-0.4, -0.2) is 44.3 Å². The molecule has 0 aliphatic carbocycles. The van der Waals surface area contributed by atoms with E-state index in [1.54, 1.807) is 11.3 Å². The second kappa shape index (κ2) is 8.64. The Kier molecular flexibility index (Phi) is 7.44. The maximum absolute atomic E-state index is 5.52. The van der Waals surface area contributed by atoms with E-state index in [9.17, 15) is 0 Å².